The largest absolute Gasteiger partial charge is 0.463 e. The summed E-state index contributed by atoms with van der Waals surface area (Å²) in [6, 6.07) is 11.5. The first-order valence-electron chi connectivity index (χ1n) is 22.8. The van der Waals surface area contributed by atoms with Crippen molar-refractivity contribution >= 4 is 65.7 Å². The first kappa shape index (κ1) is 60.0. The Morgan fingerprint density at radius 1 is 0.461 bits per heavy atom. The lowest BCUT2D eigenvalue weighted by Gasteiger charge is -2.43. The van der Waals surface area contributed by atoms with Gasteiger partial charge in [-0.3, -0.25) is 52.7 Å². The van der Waals surface area contributed by atoms with E-state index in [1.807, 2.05) is 0 Å². The van der Waals surface area contributed by atoms with E-state index in [2.05, 4.69) is 0 Å². The summed E-state index contributed by atoms with van der Waals surface area (Å²) in [5.41, 5.74) is 0.621. The Hall–Kier alpha value is -8.55. The lowest BCUT2D eigenvalue weighted by atomic mass is 9.98. The molecule has 0 aliphatic carbocycles. The Kier molecular flexibility index (Phi) is 22.7. The fraction of sp³-hybridized carbons (Fsp3) is 0.392. The minimum Gasteiger partial charge on any atom is -0.463 e. The van der Waals surface area contributed by atoms with Crippen molar-refractivity contribution in [2.45, 2.75) is 105 Å². The molecular formula is C51H54O25. The number of aliphatic hydroxyl groups excluding tert-OH is 1. The van der Waals surface area contributed by atoms with E-state index in [0.29, 0.717) is 0 Å². The van der Waals surface area contributed by atoms with Crippen molar-refractivity contribution in [3.8, 4) is 34.5 Å². The number of benzene rings is 3. The van der Waals surface area contributed by atoms with Crippen LogP contribution in [0.5, 0.6) is 34.5 Å². The second-order valence-corrected chi connectivity index (χ2v) is 16.3. The zero-order valence-electron chi connectivity index (χ0n) is 42.4. The first-order valence-corrected chi connectivity index (χ1v) is 22.8. The smallest absolute Gasteiger partial charge is 0.310 e. The van der Waals surface area contributed by atoms with Crippen LogP contribution >= 0.6 is 0 Å². The topological polar surface area (TPSA) is 328 Å². The van der Waals surface area contributed by atoms with E-state index in [1.54, 1.807) is 0 Å². The van der Waals surface area contributed by atoms with Crippen molar-refractivity contribution < 1.29 is 119 Å². The van der Waals surface area contributed by atoms with Gasteiger partial charge < -0.3 is 66.7 Å². The number of esters is 11. The van der Waals surface area contributed by atoms with Gasteiger partial charge in [-0.15, -0.1) is 0 Å². The molecule has 76 heavy (non-hydrogen) atoms. The molecule has 0 unspecified atom stereocenters. The van der Waals surface area contributed by atoms with Crippen molar-refractivity contribution in [1.82, 2.24) is 0 Å². The van der Waals surface area contributed by atoms with Gasteiger partial charge in [0.05, 0.1) is 25.9 Å². The maximum absolute atomic E-state index is 14.0. The van der Waals surface area contributed by atoms with E-state index in [4.69, 9.17) is 61.6 Å². The molecule has 3 aromatic rings. The Bertz CT molecular complexity index is 2720. The number of hydrogen-bond acceptors (Lipinski definition) is 25. The van der Waals surface area contributed by atoms with Crippen LogP contribution in [-0.4, -0.2) is 128 Å². The minimum absolute atomic E-state index is 0.120. The molecule has 0 aromatic heterocycles. The number of carbonyl (C=O) groups excluding carboxylic acids is 11. The summed E-state index contributed by atoms with van der Waals surface area (Å²) >= 11 is 0. The summed E-state index contributed by atoms with van der Waals surface area (Å²) in [6.07, 6.45) is -9.80. The molecule has 0 bridgehead atoms. The molecule has 4 rings (SSSR count). The van der Waals surface area contributed by atoms with E-state index < -0.39 is 135 Å². The van der Waals surface area contributed by atoms with Crippen LogP contribution in [0.15, 0.2) is 66.2 Å². The van der Waals surface area contributed by atoms with Gasteiger partial charge in [0.15, 0.2) is 53.0 Å². The first-order chi connectivity index (χ1) is 35.8. The highest BCUT2D eigenvalue weighted by atomic mass is 16.7. The Morgan fingerprint density at radius 3 is 1.24 bits per heavy atom. The molecule has 0 amide bonds. The van der Waals surface area contributed by atoms with Crippen molar-refractivity contribution in [2.24, 2.45) is 0 Å². The number of aliphatic hydroxyl groups is 1. The Balaban J connectivity index is 1.76. The van der Waals surface area contributed by atoms with Crippen LogP contribution in [0.1, 0.15) is 72.1 Å². The van der Waals surface area contributed by atoms with Crippen LogP contribution < -0.4 is 28.4 Å². The molecular weight excluding hydrogens is 1010 g/mol. The molecule has 1 N–H and O–H groups in total. The zero-order valence-corrected chi connectivity index (χ0v) is 42.4. The average molecular weight is 1070 g/mol. The standard InChI is InChI=1S/C51H54O25/c1-26(52)64-16-15-37(23-65-27(2)53)24-67-51-50(76-47(62)22-36-11-14-40(70-30(5)56)43(19-36)73-33(8)59)49(75-46(61)21-35-10-13-39(69-29(4)55)42(18-35)72-32(7)58)48(63)44(74-51)25-66-45(60)20-34-9-12-38(68-28(3)54)41(17-34)71-31(6)57/h9-15,17-19,44,48-51,63H,16,20-25H2,1-8H3/b37-15-/t44-,48-,49-,50-,51-/m1/s1. The fourth-order valence-corrected chi connectivity index (χ4v) is 6.76. The van der Waals surface area contributed by atoms with Crippen LogP contribution in [0, 0.1) is 0 Å². The van der Waals surface area contributed by atoms with Crippen molar-refractivity contribution in [3.05, 3.63) is 82.9 Å². The summed E-state index contributed by atoms with van der Waals surface area (Å²) in [6.45, 7) is 6.79. The normalized spacial score (nSPS) is 16.9. The summed E-state index contributed by atoms with van der Waals surface area (Å²) in [7, 11) is 0. The summed E-state index contributed by atoms with van der Waals surface area (Å²) < 4.78 is 70.3. The summed E-state index contributed by atoms with van der Waals surface area (Å²) in [4.78, 5) is 135. The van der Waals surface area contributed by atoms with Crippen molar-refractivity contribution in [1.29, 1.82) is 0 Å². The Morgan fingerprint density at radius 2 is 0.842 bits per heavy atom. The van der Waals surface area contributed by atoms with Gasteiger partial charge in [0.2, 0.25) is 0 Å². The second kappa shape index (κ2) is 28.8. The van der Waals surface area contributed by atoms with Crippen LogP contribution in [0.4, 0.5) is 0 Å². The maximum Gasteiger partial charge on any atom is 0.310 e. The van der Waals surface area contributed by atoms with Gasteiger partial charge in [-0.1, -0.05) is 18.2 Å². The number of carbonyl (C=O) groups is 11. The summed E-state index contributed by atoms with van der Waals surface area (Å²) in [5, 5.41) is 12.0. The highest BCUT2D eigenvalue weighted by Crippen LogP contribution is 2.34. The average Bonchev–Trinajstić information content (AvgIpc) is 3.30. The van der Waals surface area contributed by atoms with Gasteiger partial charge in [0, 0.05) is 55.4 Å². The fourth-order valence-electron chi connectivity index (χ4n) is 6.76. The van der Waals surface area contributed by atoms with E-state index >= 15 is 0 Å². The third-order valence-corrected chi connectivity index (χ3v) is 9.71. The lowest BCUT2D eigenvalue weighted by molar-refractivity contribution is -0.305. The van der Waals surface area contributed by atoms with Gasteiger partial charge in [-0.05, 0) is 64.7 Å². The van der Waals surface area contributed by atoms with Gasteiger partial charge in [-0.2, -0.15) is 0 Å². The molecule has 1 aliphatic rings. The summed E-state index contributed by atoms with van der Waals surface area (Å²) in [5.74, 6) is -10.2. The highest BCUT2D eigenvalue weighted by Gasteiger charge is 2.51. The molecule has 1 fully saturated rings. The predicted octanol–water partition coefficient (Wildman–Crippen LogP) is 2.79. The molecule has 1 saturated heterocycles. The highest BCUT2D eigenvalue weighted by molar-refractivity contribution is 5.79. The SMILES string of the molecule is CC(=O)OC/C=C(/COC(C)=O)CO[C@@H]1O[C@H](COC(=O)Cc2ccc(OC(C)=O)c(OC(C)=O)c2)[C@@H](O)[C@@H](OC(=O)Cc2ccc(OC(C)=O)c(OC(C)=O)c2)[C@H]1OC(=O)Cc1ccc(OC(C)=O)c(OC(C)=O)c1. The zero-order chi connectivity index (χ0) is 56.2. The molecule has 5 atom stereocenters. The molecule has 0 radical (unpaired) electrons. The van der Waals surface area contributed by atoms with Gasteiger partial charge in [-0.25, -0.2) is 0 Å². The molecule has 3 aromatic carbocycles. The van der Waals surface area contributed by atoms with Crippen LogP contribution in [0.2, 0.25) is 0 Å². The van der Waals surface area contributed by atoms with E-state index in [-0.39, 0.29) is 63.4 Å². The number of ether oxygens (including phenoxy) is 13. The number of rotatable bonds is 23. The maximum atomic E-state index is 14.0. The monoisotopic (exact) mass is 1070 g/mol. The molecule has 0 spiro atoms. The van der Waals surface area contributed by atoms with Gasteiger partial charge in [0.1, 0.15) is 32.0 Å². The van der Waals surface area contributed by atoms with E-state index in [0.717, 1.165) is 55.4 Å². The van der Waals surface area contributed by atoms with E-state index in [1.165, 1.54) is 60.7 Å². The third-order valence-electron chi connectivity index (χ3n) is 9.71. The molecule has 1 heterocycles. The van der Waals surface area contributed by atoms with Crippen LogP contribution in [0.3, 0.4) is 0 Å². The van der Waals surface area contributed by atoms with Crippen molar-refractivity contribution in [3.63, 3.8) is 0 Å². The quantitative estimate of drug-likeness (QED) is 0.0617. The van der Waals surface area contributed by atoms with Gasteiger partial charge >= 0.3 is 65.7 Å². The minimum atomic E-state index is -2.02. The molecule has 25 nitrogen and oxygen atoms in total. The molecule has 408 valence electrons. The second-order valence-electron chi connectivity index (χ2n) is 16.3. The van der Waals surface area contributed by atoms with E-state index in [9.17, 15) is 57.8 Å². The molecule has 25 heteroatoms. The third kappa shape index (κ3) is 20.4. The Labute approximate surface area is 433 Å². The number of hydrogen-bond donors (Lipinski definition) is 1. The lowest BCUT2D eigenvalue weighted by Crippen LogP contribution is -2.62. The molecule has 0 saturated carbocycles. The molecule has 1 aliphatic heterocycles. The predicted molar refractivity (Wildman–Crippen MR) is 251 cm³/mol. The van der Waals surface area contributed by atoms with Crippen molar-refractivity contribution in [2.75, 3.05) is 26.4 Å². The van der Waals surface area contributed by atoms with Crippen LogP contribution in [0.25, 0.3) is 0 Å². The van der Waals surface area contributed by atoms with Crippen LogP contribution in [-0.2, 0) is 105 Å². The van der Waals surface area contributed by atoms with Gasteiger partial charge in [0.25, 0.3) is 0 Å².